The Bertz CT molecular complexity index is 1320. The maximum absolute atomic E-state index is 14.0. The van der Waals surface area contributed by atoms with Gasteiger partial charge in [-0.25, -0.2) is 17.6 Å². The number of carbonyl (C=O) groups excluding carboxylic acids is 1. The Kier molecular flexibility index (Phi) is 12.7. The molecule has 214 valence electrons. The molecule has 0 amide bonds. The summed E-state index contributed by atoms with van der Waals surface area (Å²) < 4.78 is 104. The van der Waals surface area contributed by atoms with E-state index in [9.17, 15) is 35.5 Å². The zero-order valence-electron chi connectivity index (χ0n) is 21.0. The topological polar surface area (TPSA) is 35.5 Å². The fraction of sp³-hybridized carbons (Fsp3) is 0.179. The highest BCUT2D eigenvalue weighted by molar-refractivity contribution is 8.14. The van der Waals surface area contributed by atoms with Crippen LogP contribution < -0.4 is 9.47 Å². The summed E-state index contributed by atoms with van der Waals surface area (Å²) in [5.41, 5.74) is -0.973. The van der Waals surface area contributed by atoms with Gasteiger partial charge in [-0.3, -0.25) is 4.79 Å². The molecule has 3 aromatic carbocycles. The number of rotatable bonds is 10. The molecule has 0 aromatic heterocycles. The lowest BCUT2D eigenvalue weighted by molar-refractivity contribution is 0.108. The quantitative estimate of drug-likeness (QED) is 0.110. The molecule has 40 heavy (non-hydrogen) atoms. The Morgan fingerprint density at radius 3 is 1.75 bits per heavy atom. The van der Waals surface area contributed by atoms with Gasteiger partial charge in [-0.15, -0.1) is 0 Å². The Balaban J connectivity index is 0.000000305. The van der Waals surface area contributed by atoms with E-state index in [1.807, 2.05) is 0 Å². The van der Waals surface area contributed by atoms with Crippen molar-refractivity contribution in [2.24, 2.45) is 0 Å². The van der Waals surface area contributed by atoms with Gasteiger partial charge in [-0.05, 0) is 6.92 Å². The zero-order valence-corrected chi connectivity index (χ0v) is 22.7. The van der Waals surface area contributed by atoms with Crippen LogP contribution in [-0.2, 0) is 0 Å². The van der Waals surface area contributed by atoms with Crippen molar-refractivity contribution in [2.45, 2.75) is 6.92 Å². The summed E-state index contributed by atoms with van der Waals surface area (Å²) in [6.45, 7) is 7.39. The molecule has 3 aromatic rings. The summed E-state index contributed by atoms with van der Waals surface area (Å²) in [4.78, 5) is 11.9. The second kappa shape index (κ2) is 15.4. The van der Waals surface area contributed by atoms with Crippen LogP contribution in [0.25, 0.3) is 12.2 Å². The van der Waals surface area contributed by atoms with Crippen LogP contribution in [0.4, 0.5) is 30.7 Å². The van der Waals surface area contributed by atoms with Crippen LogP contribution in [-0.4, -0.2) is 29.8 Å². The van der Waals surface area contributed by atoms with Crippen molar-refractivity contribution in [3.8, 4) is 11.5 Å². The first-order valence-electron chi connectivity index (χ1n) is 11.4. The lowest BCUT2D eigenvalue weighted by Gasteiger charge is -2.13. The third-order valence-corrected chi connectivity index (χ3v) is 6.16. The molecule has 0 unspecified atom stereocenters. The highest BCUT2D eigenvalue weighted by Crippen LogP contribution is 2.32. The second-order valence-corrected chi connectivity index (χ2v) is 9.15. The molecule has 0 aliphatic heterocycles. The second-order valence-electron chi connectivity index (χ2n) is 7.64. The van der Waals surface area contributed by atoms with Gasteiger partial charge in [0.25, 0.3) is 0 Å². The Hall–Kier alpha value is -3.38. The lowest BCUT2D eigenvalue weighted by atomic mass is 10.1. The van der Waals surface area contributed by atoms with Gasteiger partial charge in [-0.2, -0.15) is 25.8 Å². The van der Waals surface area contributed by atoms with Crippen molar-refractivity contribution in [1.29, 1.82) is 0 Å². The molecular formula is C28H23F7O3S2. The van der Waals surface area contributed by atoms with Gasteiger partial charge in [0.05, 0.1) is 18.8 Å². The fourth-order valence-electron chi connectivity index (χ4n) is 3.15. The van der Waals surface area contributed by atoms with Crippen LogP contribution in [0.5, 0.6) is 11.5 Å². The van der Waals surface area contributed by atoms with Crippen LogP contribution in [0.3, 0.4) is 0 Å². The number of halogens is 7. The molecule has 0 aliphatic carbocycles. The number of ether oxygens (including phenoxy) is 2. The minimum atomic E-state index is -1.57. The fourth-order valence-corrected chi connectivity index (χ4v) is 3.90. The summed E-state index contributed by atoms with van der Waals surface area (Å²) in [6.07, 6.45) is 1.61. The molecule has 0 atom stereocenters. The zero-order chi connectivity index (χ0) is 30.0. The van der Waals surface area contributed by atoms with Gasteiger partial charge < -0.3 is 9.47 Å². The summed E-state index contributed by atoms with van der Waals surface area (Å²) in [5, 5.41) is -0.157. The number of thioether (sulfide) groups is 1. The van der Waals surface area contributed by atoms with Gasteiger partial charge in [0.1, 0.15) is 5.82 Å². The number of hydrogen-bond acceptors (Lipinski definition) is 5. The van der Waals surface area contributed by atoms with E-state index in [-0.39, 0.29) is 35.4 Å². The molecule has 0 fully saturated rings. The van der Waals surface area contributed by atoms with E-state index in [2.05, 4.69) is 30.5 Å². The number of thiol groups is 1. The predicted molar refractivity (Wildman–Crippen MR) is 146 cm³/mol. The van der Waals surface area contributed by atoms with E-state index in [0.29, 0.717) is 11.6 Å². The van der Waals surface area contributed by atoms with E-state index in [1.165, 1.54) is 6.92 Å². The molecule has 3 nitrogen and oxygen atoms in total. The highest BCUT2D eigenvalue weighted by Gasteiger charge is 2.25. The van der Waals surface area contributed by atoms with Crippen LogP contribution in [0.2, 0.25) is 0 Å². The molecule has 0 bridgehead atoms. The average molecular weight is 605 g/mol. The standard InChI is InChI=1S/C18H15F3O2S.C10H8F4OS/c1-3-13-14(19)11(2)17(16(21)15(13)20)23-9-10-24-18(22)12-7-5-4-6-8-12;1-2-5-6(11)8(13)10(15-3-4-16)9(14)7(5)12/h3-8H,1,9-10H2,2H3;2,16H,1,3-4H2. The molecule has 0 spiro atoms. The normalized spacial score (nSPS) is 10.4. The molecule has 0 radical (unpaired) electrons. The van der Waals surface area contributed by atoms with Crippen molar-refractivity contribution >= 4 is 41.7 Å². The Morgan fingerprint density at radius 2 is 1.25 bits per heavy atom. The van der Waals surface area contributed by atoms with E-state index in [4.69, 9.17) is 4.74 Å². The number of benzene rings is 3. The number of hydrogen-bond donors (Lipinski definition) is 1. The molecule has 0 saturated heterocycles. The van der Waals surface area contributed by atoms with E-state index >= 15 is 0 Å². The molecular weight excluding hydrogens is 581 g/mol. The van der Waals surface area contributed by atoms with E-state index < -0.39 is 63.3 Å². The van der Waals surface area contributed by atoms with Crippen molar-refractivity contribution in [3.63, 3.8) is 0 Å². The van der Waals surface area contributed by atoms with Gasteiger partial charge in [0, 0.05) is 28.2 Å². The maximum Gasteiger partial charge on any atom is 0.219 e. The van der Waals surface area contributed by atoms with Crippen molar-refractivity contribution in [3.05, 3.63) is 106 Å². The summed E-state index contributed by atoms with van der Waals surface area (Å²) in [6, 6.07) is 8.65. The first-order valence-corrected chi connectivity index (χ1v) is 13.0. The molecule has 0 saturated carbocycles. The van der Waals surface area contributed by atoms with Crippen LogP contribution in [0.15, 0.2) is 43.5 Å². The first kappa shape index (κ1) is 32.8. The molecule has 0 N–H and O–H groups in total. The molecule has 3 rings (SSSR count). The number of carbonyl (C=O) groups is 1. The maximum atomic E-state index is 14.0. The summed E-state index contributed by atoms with van der Waals surface area (Å²) in [7, 11) is 0. The third-order valence-electron chi connectivity index (χ3n) is 5.11. The van der Waals surface area contributed by atoms with Gasteiger partial charge in [0.2, 0.25) is 22.6 Å². The minimum absolute atomic E-state index is 0.0622. The molecule has 0 heterocycles. The highest BCUT2D eigenvalue weighted by atomic mass is 32.2. The van der Waals surface area contributed by atoms with E-state index in [1.54, 1.807) is 30.3 Å². The van der Waals surface area contributed by atoms with Crippen LogP contribution in [0, 0.1) is 47.6 Å². The minimum Gasteiger partial charge on any atom is -0.489 e. The van der Waals surface area contributed by atoms with Gasteiger partial charge in [-0.1, -0.05) is 67.4 Å². The SMILES string of the molecule is C=Cc1c(F)c(C)c(OCCSC(=O)c2ccccc2)c(F)c1F.C=Cc1c(F)c(F)c(OCCS)c(F)c1F. The molecule has 0 aliphatic rings. The first-order chi connectivity index (χ1) is 19.0. The summed E-state index contributed by atoms with van der Waals surface area (Å²) >= 11 is 4.72. The monoisotopic (exact) mass is 604 g/mol. The Labute approximate surface area is 236 Å². The molecule has 12 heteroatoms. The Morgan fingerprint density at radius 1 is 0.775 bits per heavy atom. The van der Waals surface area contributed by atoms with Crippen LogP contribution in [0.1, 0.15) is 27.0 Å². The van der Waals surface area contributed by atoms with Crippen molar-refractivity contribution in [1.82, 2.24) is 0 Å². The third kappa shape index (κ3) is 7.63. The van der Waals surface area contributed by atoms with Crippen molar-refractivity contribution in [2.75, 3.05) is 24.7 Å². The van der Waals surface area contributed by atoms with E-state index in [0.717, 1.165) is 17.8 Å². The average Bonchev–Trinajstić information content (AvgIpc) is 2.96. The van der Waals surface area contributed by atoms with Gasteiger partial charge >= 0.3 is 0 Å². The van der Waals surface area contributed by atoms with Crippen LogP contribution >= 0.6 is 24.4 Å². The predicted octanol–water partition coefficient (Wildman–Crippen LogP) is 8.20. The summed E-state index contributed by atoms with van der Waals surface area (Å²) in [5.74, 6) is -10.9. The smallest absolute Gasteiger partial charge is 0.219 e. The van der Waals surface area contributed by atoms with Gasteiger partial charge in [0.15, 0.2) is 29.0 Å². The van der Waals surface area contributed by atoms with Crippen molar-refractivity contribution < 1.29 is 45.0 Å². The largest absolute Gasteiger partial charge is 0.489 e. The lowest BCUT2D eigenvalue weighted by Crippen LogP contribution is -2.09.